The summed E-state index contributed by atoms with van der Waals surface area (Å²) in [4.78, 5) is 0. The average Bonchev–Trinajstić information content (AvgIpc) is 2.69. The molecule has 0 aliphatic heterocycles. The van der Waals surface area contributed by atoms with E-state index in [0.29, 0.717) is 5.92 Å². The third kappa shape index (κ3) is 0.924. The van der Waals surface area contributed by atoms with Crippen molar-refractivity contribution in [2.75, 3.05) is 5.73 Å². The zero-order valence-corrected chi connectivity index (χ0v) is 7.83. The van der Waals surface area contributed by atoms with Crippen LogP contribution in [-0.4, -0.2) is 9.78 Å². The van der Waals surface area contributed by atoms with Crippen LogP contribution in [0.4, 0.5) is 5.82 Å². The van der Waals surface area contributed by atoms with Gasteiger partial charge in [0.1, 0.15) is 5.82 Å². The molecule has 0 aromatic carbocycles. The first kappa shape index (κ1) is 7.65. The fourth-order valence-electron chi connectivity index (χ4n) is 1.72. The van der Waals surface area contributed by atoms with Crippen LogP contribution >= 0.6 is 0 Å². The summed E-state index contributed by atoms with van der Waals surface area (Å²) in [6.07, 6.45) is 1.28. The highest BCUT2D eigenvalue weighted by Crippen LogP contribution is 2.47. The van der Waals surface area contributed by atoms with Gasteiger partial charge in [0.2, 0.25) is 0 Å². The lowest BCUT2D eigenvalue weighted by Gasteiger charge is -1.92. The van der Waals surface area contributed by atoms with Gasteiger partial charge in [-0.1, -0.05) is 6.92 Å². The van der Waals surface area contributed by atoms with Crippen molar-refractivity contribution < 1.29 is 0 Å². The molecule has 0 radical (unpaired) electrons. The van der Waals surface area contributed by atoms with E-state index in [9.17, 15) is 0 Å². The van der Waals surface area contributed by atoms with Crippen LogP contribution in [0, 0.1) is 12.8 Å². The summed E-state index contributed by atoms with van der Waals surface area (Å²) in [5.41, 5.74) is 8.20. The van der Waals surface area contributed by atoms with E-state index in [4.69, 9.17) is 5.73 Å². The Morgan fingerprint density at radius 2 is 2.17 bits per heavy atom. The Bertz CT molecular complexity index is 314. The average molecular weight is 165 g/mol. The van der Waals surface area contributed by atoms with E-state index < -0.39 is 0 Å². The summed E-state index contributed by atoms with van der Waals surface area (Å²) in [6, 6.07) is 0. The molecule has 1 heterocycles. The van der Waals surface area contributed by atoms with E-state index in [1.54, 1.807) is 4.68 Å². The molecular weight excluding hydrogens is 150 g/mol. The van der Waals surface area contributed by atoms with Crippen LogP contribution in [0.3, 0.4) is 0 Å². The van der Waals surface area contributed by atoms with Gasteiger partial charge < -0.3 is 5.73 Å². The van der Waals surface area contributed by atoms with E-state index >= 15 is 0 Å². The highest BCUT2D eigenvalue weighted by atomic mass is 15.3. The molecule has 1 saturated carbocycles. The molecule has 2 unspecified atom stereocenters. The molecule has 0 spiro atoms. The first-order chi connectivity index (χ1) is 5.61. The number of aryl methyl sites for hydroxylation is 1. The monoisotopic (exact) mass is 165 g/mol. The number of nitrogens with two attached hydrogens (primary N) is 1. The fourth-order valence-corrected chi connectivity index (χ4v) is 1.72. The van der Waals surface area contributed by atoms with Crippen molar-refractivity contribution in [3.63, 3.8) is 0 Å². The number of anilines is 1. The van der Waals surface area contributed by atoms with Gasteiger partial charge in [0.25, 0.3) is 0 Å². The lowest BCUT2D eigenvalue weighted by atomic mass is 10.1. The molecule has 1 aromatic heterocycles. The van der Waals surface area contributed by atoms with Gasteiger partial charge in [0.05, 0.1) is 5.69 Å². The predicted molar refractivity (Wildman–Crippen MR) is 48.9 cm³/mol. The summed E-state index contributed by atoms with van der Waals surface area (Å²) < 4.78 is 1.77. The Hall–Kier alpha value is -0.990. The molecule has 3 nitrogen and oxygen atoms in total. The Morgan fingerprint density at radius 1 is 1.58 bits per heavy atom. The van der Waals surface area contributed by atoms with Crippen LogP contribution in [0.25, 0.3) is 0 Å². The second-order valence-electron chi connectivity index (χ2n) is 3.84. The van der Waals surface area contributed by atoms with Crippen LogP contribution in [0.1, 0.15) is 30.5 Å². The largest absolute Gasteiger partial charge is 0.384 e. The molecular formula is C9H15N3. The summed E-state index contributed by atoms with van der Waals surface area (Å²) in [7, 11) is 1.90. The quantitative estimate of drug-likeness (QED) is 0.684. The smallest absolute Gasteiger partial charge is 0.124 e. The molecule has 0 saturated heterocycles. The van der Waals surface area contributed by atoms with E-state index in [-0.39, 0.29) is 0 Å². The Labute approximate surface area is 72.6 Å². The molecule has 1 fully saturated rings. The van der Waals surface area contributed by atoms with Gasteiger partial charge >= 0.3 is 0 Å². The standard InChI is InChI=1S/C9H15N3/c1-5-4-7(5)8-6(2)9(10)12(3)11-8/h5,7H,4,10H2,1-3H3. The molecule has 3 heteroatoms. The van der Waals surface area contributed by atoms with E-state index in [2.05, 4.69) is 18.9 Å². The molecule has 1 aliphatic carbocycles. The lowest BCUT2D eigenvalue weighted by Crippen LogP contribution is -1.97. The van der Waals surface area contributed by atoms with Gasteiger partial charge in [-0.25, -0.2) is 0 Å². The predicted octanol–water partition coefficient (Wildman–Crippen LogP) is 1.43. The normalized spacial score (nSPS) is 27.6. The SMILES string of the molecule is Cc1c(C2CC2C)nn(C)c1N. The van der Waals surface area contributed by atoms with Gasteiger partial charge in [0, 0.05) is 18.5 Å². The van der Waals surface area contributed by atoms with E-state index in [1.165, 1.54) is 17.7 Å². The summed E-state index contributed by atoms with van der Waals surface area (Å²) in [5, 5.41) is 4.41. The highest BCUT2D eigenvalue weighted by Gasteiger charge is 2.37. The lowest BCUT2D eigenvalue weighted by molar-refractivity contribution is 0.743. The minimum Gasteiger partial charge on any atom is -0.384 e. The summed E-state index contributed by atoms with van der Waals surface area (Å²) >= 11 is 0. The van der Waals surface area contributed by atoms with Crippen LogP contribution < -0.4 is 5.73 Å². The highest BCUT2D eigenvalue weighted by molar-refractivity contribution is 5.44. The fraction of sp³-hybridized carbons (Fsp3) is 0.667. The zero-order valence-electron chi connectivity index (χ0n) is 7.83. The number of aromatic nitrogens is 2. The zero-order chi connectivity index (χ0) is 8.88. The van der Waals surface area contributed by atoms with Crippen LogP contribution in [-0.2, 0) is 7.05 Å². The molecule has 1 aromatic rings. The second-order valence-corrected chi connectivity index (χ2v) is 3.84. The topological polar surface area (TPSA) is 43.8 Å². The maximum absolute atomic E-state index is 5.81. The molecule has 1 aliphatic rings. The van der Waals surface area contributed by atoms with Gasteiger partial charge in [-0.2, -0.15) is 5.10 Å². The van der Waals surface area contributed by atoms with Crippen LogP contribution in [0.2, 0.25) is 0 Å². The van der Waals surface area contributed by atoms with Crippen molar-refractivity contribution in [1.29, 1.82) is 0 Å². The molecule has 2 N–H and O–H groups in total. The first-order valence-electron chi connectivity index (χ1n) is 4.40. The molecule has 2 rings (SSSR count). The molecule has 0 bridgehead atoms. The van der Waals surface area contributed by atoms with Gasteiger partial charge in [-0.15, -0.1) is 0 Å². The van der Waals surface area contributed by atoms with Crippen LogP contribution in [0.15, 0.2) is 0 Å². The molecule has 12 heavy (non-hydrogen) atoms. The van der Waals surface area contributed by atoms with Crippen molar-refractivity contribution in [2.24, 2.45) is 13.0 Å². The Morgan fingerprint density at radius 3 is 2.50 bits per heavy atom. The maximum Gasteiger partial charge on any atom is 0.124 e. The van der Waals surface area contributed by atoms with Crippen molar-refractivity contribution in [3.8, 4) is 0 Å². The minimum absolute atomic E-state index is 0.675. The van der Waals surface area contributed by atoms with Crippen molar-refractivity contribution in [1.82, 2.24) is 9.78 Å². The van der Waals surface area contributed by atoms with Gasteiger partial charge in [-0.05, 0) is 19.3 Å². The number of hydrogen-bond donors (Lipinski definition) is 1. The Kier molecular flexibility index (Phi) is 1.43. The number of hydrogen-bond acceptors (Lipinski definition) is 2. The molecule has 0 amide bonds. The van der Waals surface area contributed by atoms with Crippen molar-refractivity contribution in [2.45, 2.75) is 26.2 Å². The maximum atomic E-state index is 5.81. The van der Waals surface area contributed by atoms with Gasteiger partial charge in [0.15, 0.2) is 0 Å². The Balaban J connectivity index is 2.38. The molecule has 66 valence electrons. The third-order valence-corrected chi connectivity index (χ3v) is 2.84. The number of rotatable bonds is 1. The van der Waals surface area contributed by atoms with E-state index in [1.807, 2.05) is 7.05 Å². The minimum atomic E-state index is 0.675. The van der Waals surface area contributed by atoms with Crippen LogP contribution in [0.5, 0.6) is 0 Å². The third-order valence-electron chi connectivity index (χ3n) is 2.84. The molecule has 2 atom stereocenters. The van der Waals surface area contributed by atoms with Crippen molar-refractivity contribution >= 4 is 5.82 Å². The van der Waals surface area contributed by atoms with Gasteiger partial charge in [-0.3, -0.25) is 4.68 Å². The number of nitrogens with zero attached hydrogens (tertiary/aromatic N) is 2. The second kappa shape index (κ2) is 2.25. The number of nitrogen functional groups attached to an aromatic ring is 1. The summed E-state index contributed by atoms with van der Waals surface area (Å²) in [6.45, 7) is 4.32. The van der Waals surface area contributed by atoms with E-state index in [0.717, 1.165) is 11.7 Å². The first-order valence-corrected chi connectivity index (χ1v) is 4.40. The summed E-state index contributed by atoms with van der Waals surface area (Å²) in [5.74, 6) is 2.29. The van der Waals surface area contributed by atoms with Crippen molar-refractivity contribution in [3.05, 3.63) is 11.3 Å².